The minimum Gasteiger partial charge on any atom is -0.352 e. The Kier molecular flexibility index (Phi) is 4.27. The average Bonchev–Trinajstić information content (AvgIpc) is 2.96. The molecule has 2 N–H and O–H groups in total. The van der Waals surface area contributed by atoms with Gasteiger partial charge in [-0.1, -0.05) is 19.9 Å². The van der Waals surface area contributed by atoms with E-state index in [2.05, 4.69) is 10.0 Å². The van der Waals surface area contributed by atoms with Crippen molar-refractivity contribution in [2.75, 3.05) is 0 Å². The Morgan fingerprint density at radius 2 is 2.11 bits per heavy atom. The molecule has 1 amide bonds. The van der Waals surface area contributed by atoms with Gasteiger partial charge in [-0.3, -0.25) is 4.79 Å². The minimum atomic E-state index is -3.61. The van der Waals surface area contributed by atoms with Crippen LogP contribution in [0.3, 0.4) is 0 Å². The van der Waals surface area contributed by atoms with Gasteiger partial charge in [-0.05, 0) is 30.2 Å². The first-order valence-electron chi connectivity index (χ1n) is 6.26. The summed E-state index contributed by atoms with van der Waals surface area (Å²) in [6.45, 7) is 3.65. The van der Waals surface area contributed by atoms with Crippen molar-refractivity contribution in [2.24, 2.45) is 5.92 Å². The van der Waals surface area contributed by atoms with E-state index in [0.29, 0.717) is 0 Å². The molecule has 0 saturated heterocycles. The van der Waals surface area contributed by atoms with Crippen LogP contribution in [0, 0.1) is 5.92 Å². The smallest absolute Gasteiger partial charge is 0.250 e. The van der Waals surface area contributed by atoms with Gasteiger partial charge in [0, 0.05) is 6.04 Å². The Morgan fingerprint density at radius 1 is 1.42 bits per heavy atom. The Labute approximate surface area is 117 Å². The van der Waals surface area contributed by atoms with E-state index < -0.39 is 16.1 Å². The highest BCUT2D eigenvalue weighted by molar-refractivity contribution is 7.91. The lowest BCUT2D eigenvalue weighted by molar-refractivity contribution is -0.123. The molecule has 0 bridgehead atoms. The van der Waals surface area contributed by atoms with Gasteiger partial charge in [0.05, 0.1) is 0 Å². The van der Waals surface area contributed by atoms with E-state index in [4.69, 9.17) is 0 Å². The van der Waals surface area contributed by atoms with Crippen molar-refractivity contribution in [1.29, 1.82) is 0 Å². The van der Waals surface area contributed by atoms with Crippen molar-refractivity contribution >= 4 is 27.3 Å². The molecule has 5 nitrogen and oxygen atoms in total. The van der Waals surface area contributed by atoms with E-state index in [1.807, 2.05) is 13.8 Å². The standard InChI is InChI=1S/C12H18N2O3S2/c1-8(2)11(12(15)13-9-5-6-9)14-19(16,17)10-4-3-7-18-10/h3-4,7-9,11,14H,5-6H2,1-2H3,(H,13,15). The molecule has 0 aliphatic heterocycles. The van der Waals surface area contributed by atoms with E-state index in [9.17, 15) is 13.2 Å². The maximum Gasteiger partial charge on any atom is 0.250 e. The van der Waals surface area contributed by atoms with Gasteiger partial charge < -0.3 is 5.32 Å². The van der Waals surface area contributed by atoms with Crippen LogP contribution in [0.25, 0.3) is 0 Å². The summed E-state index contributed by atoms with van der Waals surface area (Å²) in [7, 11) is -3.61. The number of rotatable bonds is 6. The number of thiophene rings is 1. The Morgan fingerprint density at radius 3 is 2.58 bits per heavy atom. The fourth-order valence-electron chi connectivity index (χ4n) is 1.65. The number of hydrogen-bond donors (Lipinski definition) is 2. The van der Waals surface area contributed by atoms with Crippen LogP contribution in [0.5, 0.6) is 0 Å². The van der Waals surface area contributed by atoms with Crippen molar-refractivity contribution in [1.82, 2.24) is 10.0 Å². The Balaban J connectivity index is 2.09. The number of carbonyl (C=O) groups excluding carboxylic acids is 1. The normalized spacial score (nSPS) is 17.4. The number of hydrogen-bond acceptors (Lipinski definition) is 4. The van der Waals surface area contributed by atoms with Crippen LogP contribution >= 0.6 is 11.3 Å². The summed E-state index contributed by atoms with van der Waals surface area (Å²) in [6, 6.07) is 2.70. The first-order valence-corrected chi connectivity index (χ1v) is 8.62. The molecule has 19 heavy (non-hydrogen) atoms. The summed E-state index contributed by atoms with van der Waals surface area (Å²) >= 11 is 1.14. The quantitative estimate of drug-likeness (QED) is 0.832. The van der Waals surface area contributed by atoms with E-state index in [-0.39, 0.29) is 22.1 Å². The average molecular weight is 302 g/mol. The molecular formula is C12H18N2O3S2. The molecule has 1 heterocycles. The van der Waals surface area contributed by atoms with Gasteiger partial charge in [-0.15, -0.1) is 11.3 Å². The van der Waals surface area contributed by atoms with Gasteiger partial charge in [-0.25, -0.2) is 8.42 Å². The molecule has 0 aromatic carbocycles. The second-order valence-corrected chi connectivity index (χ2v) is 7.95. The molecule has 0 spiro atoms. The molecule has 1 aromatic rings. The highest BCUT2D eigenvalue weighted by atomic mass is 32.2. The molecule has 1 aliphatic rings. The van der Waals surface area contributed by atoms with E-state index in [1.54, 1.807) is 11.4 Å². The minimum absolute atomic E-state index is 0.103. The second-order valence-electron chi connectivity index (χ2n) is 5.06. The molecule has 1 atom stereocenters. The number of amides is 1. The monoisotopic (exact) mass is 302 g/mol. The van der Waals surface area contributed by atoms with Crippen molar-refractivity contribution in [3.8, 4) is 0 Å². The lowest BCUT2D eigenvalue weighted by atomic mass is 10.1. The zero-order valence-electron chi connectivity index (χ0n) is 10.9. The number of nitrogens with one attached hydrogen (secondary N) is 2. The third-order valence-electron chi connectivity index (χ3n) is 2.91. The summed E-state index contributed by atoms with van der Waals surface area (Å²) in [5.74, 6) is -0.342. The Hall–Kier alpha value is -0.920. The fraction of sp³-hybridized carbons (Fsp3) is 0.583. The molecule has 1 aliphatic carbocycles. The highest BCUT2D eigenvalue weighted by Crippen LogP contribution is 2.20. The third-order valence-corrected chi connectivity index (χ3v) is 5.75. The molecule has 106 valence electrons. The lowest BCUT2D eigenvalue weighted by Crippen LogP contribution is -2.50. The first-order chi connectivity index (χ1) is 8.90. The maximum absolute atomic E-state index is 12.1. The SMILES string of the molecule is CC(C)C(NS(=O)(=O)c1cccs1)C(=O)NC1CC1. The summed E-state index contributed by atoms with van der Waals surface area (Å²) < 4.78 is 27.0. The summed E-state index contributed by atoms with van der Waals surface area (Å²) in [4.78, 5) is 12.0. The van der Waals surface area contributed by atoms with Crippen LogP contribution in [-0.4, -0.2) is 26.4 Å². The van der Waals surface area contributed by atoms with Crippen LogP contribution in [-0.2, 0) is 14.8 Å². The van der Waals surface area contributed by atoms with Gasteiger partial charge in [-0.2, -0.15) is 4.72 Å². The third kappa shape index (κ3) is 3.77. The summed E-state index contributed by atoms with van der Waals surface area (Å²) in [6.07, 6.45) is 1.96. The van der Waals surface area contributed by atoms with E-state index in [1.165, 1.54) is 6.07 Å². The van der Waals surface area contributed by atoms with Gasteiger partial charge in [0.2, 0.25) is 5.91 Å². The number of sulfonamides is 1. The molecule has 7 heteroatoms. The van der Waals surface area contributed by atoms with Gasteiger partial charge in [0.15, 0.2) is 0 Å². The highest BCUT2D eigenvalue weighted by Gasteiger charge is 2.32. The fourth-order valence-corrected chi connectivity index (χ4v) is 4.01. The van der Waals surface area contributed by atoms with Crippen LogP contribution in [0.2, 0.25) is 0 Å². The maximum atomic E-state index is 12.1. The first kappa shape index (κ1) is 14.5. The molecular weight excluding hydrogens is 284 g/mol. The molecule has 0 radical (unpaired) electrons. The molecule has 1 aromatic heterocycles. The largest absolute Gasteiger partial charge is 0.352 e. The van der Waals surface area contributed by atoms with Crippen LogP contribution in [0.1, 0.15) is 26.7 Å². The molecule has 1 fully saturated rings. The predicted octanol–water partition coefficient (Wildman–Crippen LogP) is 1.33. The van der Waals surface area contributed by atoms with Crippen LogP contribution in [0.4, 0.5) is 0 Å². The zero-order chi connectivity index (χ0) is 14.0. The second kappa shape index (κ2) is 5.60. The van der Waals surface area contributed by atoms with Gasteiger partial charge in [0.25, 0.3) is 10.0 Å². The summed E-state index contributed by atoms with van der Waals surface area (Å²) in [5.41, 5.74) is 0. The van der Waals surface area contributed by atoms with Crippen molar-refractivity contribution in [2.45, 2.75) is 43.0 Å². The topological polar surface area (TPSA) is 75.3 Å². The van der Waals surface area contributed by atoms with Crippen LogP contribution in [0.15, 0.2) is 21.7 Å². The lowest BCUT2D eigenvalue weighted by Gasteiger charge is -2.21. The van der Waals surface area contributed by atoms with E-state index >= 15 is 0 Å². The predicted molar refractivity (Wildman–Crippen MR) is 74.4 cm³/mol. The van der Waals surface area contributed by atoms with E-state index in [0.717, 1.165) is 24.2 Å². The molecule has 1 unspecified atom stereocenters. The van der Waals surface area contributed by atoms with Gasteiger partial charge in [0.1, 0.15) is 10.3 Å². The number of carbonyl (C=O) groups is 1. The van der Waals surface area contributed by atoms with Crippen molar-refractivity contribution in [3.63, 3.8) is 0 Å². The van der Waals surface area contributed by atoms with Crippen molar-refractivity contribution < 1.29 is 13.2 Å². The zero-order valence-corrected chi connectivity index (χ0v) is 12.6. The Bertz CT molecular complexity index is 533. The molecule has 2 rings (SSSR count). The summed E-state index contributed by atoms with van der Waals surface area (Å²) in [5, 5.41) is 4.54. The van der Waals surface area contributed by atoms with Crippen molar-refractivity contribution in [3.05, 3.63) is 17.5 Å². The van der Waals surface area contributed by atoms with Gasteiger partial charge >= 0.3 is 0 Å². The van der Waals surface area contributed by atoms with Crippen LogP contribution < -0.4 is 10.0 Å². The molecule has 1 saturated carbocycles.